The molecule has 0 spiro atoms. The van der Waals surface area contributed by atoms with Gasteiger partial charge in [-0.05, 0) is 6.92 Å². The van der Waals surface area contributed by atoms with E-state index in [1.54, 1.807) is 14.1 Å². The molecule has 7 nitrogen and oxygen atoms in total. The van der Waals surface area contributed by atoms with Crippen molar-refractivity contribution in [3.63, 3.8) is 0 Å². The molecule has 15 heavy (non-hydrogen) atoms. The van der Waals surface area contributed by atoms with Crippen molar-refractivity contribution in [1.29, 1.82) is 0 Å². The number of carbonyl (C=O) groups is 1. The number of hydrogen-bond donors (Lipinski definition) is 4. The molecule has 0 aliphatic carbocycles. The molecule has 0 rings (SSSR count). The van der Waals surface area contributed by atoms with Gasteiger partial charge < -0.3 is 15.5 Å². The standard InChI is InChI=1S/C8H20N6O/c1-4-10-7(13-9)11-5-6-12-8(15)14(2)3/h4-6,9H2,1-3H3,(H,12,15)(H2,10,11,13). The van der Waals surface area contributed by atoms with Crippen molar-refractivity contribution in [2.24, 2.45) is 10.8 Å². The Hall–Kier alpha value is -1.50. The minimum atomic E-state index is -0.129. The first kappa shape index (κ1) is 13.5. The molecule has 7 heteroatoms. The maximum atomic E-state index is 11.1. The molecule has 0 aliphatic rings. The number of amides is 2. The van der Waals surface area contributed by atoms with E-state index in [1.807, 2.05) is 6.92 Å². The fourth-order valence-electron chi connectivity index (χ4n) is 0.809. The maximum absolute atomic E-state index is 11.1. The van der Waals surface area contributed by atoms with Gasteiger partial charge >= 0.3 is 6.03 Å². The lowest BCUT2D eigenvalue weighted by Gasteiger charge is -2.11. The Bertz CT molecular complexity index is 215. The summed E-state index contributed by atoms with van der Waals surface area (Å²) < 4.78 is 0. The number of hydrazine groups is 1. The molecule has 0 aromatic rings. The second kappa shape index (κ2) is 7.86. The van der Waals surface area contributed by atoms with Gasteiger partial charge in [-0.25, -0.2) is 10.6 Å². The smallest absolute Gasteiger partial charge is 0.316 e. The van der Waals surface area contributed by atoms with Crippen molar-refractivity contribution in [2.75, 3.05) is 33.7 Å². The summed E-state index contributed by atoms with van der Waals surface area (Å²) in [4.78, 5) is 16.7. The molecule has 0 aromatic carbocycles. The van der Waals surface area contributed by atoms with Gasteiger partial charge in [0.1, 0.15) is 0 Å². The molecular weight excluding hydrogens is 196 g/mol. The molecule has 88 valence electrons. The lowest BCUT2D eigenvalue weighted by atomic mass is 10.6. The number of guanidine groups is 1. The zero-order valence-electron chi connectivity index (χ0n) is 9.50. The molecule has 0 radical (unpaired) electrons. The molecule has 2 amide bonds. The molecule has 5 N–H and O–H groups in total. The third-order valence-electron chi connectivity index (χ3n) is 1.55. The van der Waals surface area contributed by atoms with Gasteiger partial charge in [-0.1, -0.05) is 0 Å². The summed E-state index contributed by atoms with van der Waals surface area (Å²) in [5, 5.41) is 5.62. The van der Waals surface area contributed by atoms with Gasteiger partial charge in [0.2, 0.25) is 5.96 Å². The molecule has 0 heterocycles. The molecule has 0 fully saturated rings. The van der Waals surface area contributed by atoms with Gasteiger partial charge in [0.05, 0.1) is 6.54 Å². The largest absolute Gasteiger partial charge is 0.356 e. The topological polar surface area (TPSA) is 94.8 Å². The van der Waals surface area contributed by atoms with Crippen LogP contribution in [0.4, 0.5) is 4.79 Å². The molecule has 0 atom stereocenters. The summed E-state index contributed by atoms with van der Waals surface area (Å²) in [5.41, 5.74) is 2.43. The number of aliphatic imine (C=N–C) groups is 1. The second-order valence-electron chi connectivity index (χ2n) is 3.03. The van der Waals surface area contributed by atoms with E-state index in [0.29, 0.717) is 19.0 Å². The van der Waals surface area contributed by atoms with Crippen LogP contribution in [0.3, 0.4) is 0 Å². The first-order chi connectivity index (χ1) is 7.11. The molecule has 0 unspecified atom stereocenters. The van der Waals surface area contributed by atoms with E-state index < -0.39 is 0 Å². The number of nitrogens with zero attached hydrogens (tertiary/aromatic N) is 2. The van der Waals surface area contributed by atoms with Crippen molar-refractivity contribution in [2.45, 2.75) is 6.92 Å². The Labute approximate surface area is 90.1 Å². The predicted molar refractivity (Wildman–Crippen MR) is 60.4 cm³/mol. The summed E-state index contributed by atoms with van der Waals surface area (Å²) in [6, 6.07) is -0.129. The van der Waals surface area contributed by atoms with E-state index in [9.17, 15) is 4.79 Å². The van der Waals surface area contributed by atoms with Gasteiger partial charge in [-0.15, -0.1) is 0 Å². The van der Waals surface area contributed by atoms with E-state index in [-0.39, 0.29) is 6.03 Å². The summed E-state index contributed by atoms with van der Waals surface area (Å²) in [7, 11) is 3.37. The molecule has 0 saturated carbocycles. The monoisotopic (exact) mass is 216 g/mol. The van der Waals surface area contributed by atoms with Crippen molar-refractivity contribution in [3.05, 3.63) is 0 Å². The van der Waals surface area contributed by atoms with Crippen molar-refractivity contribution in [3.8, 4) is 0 Å². The Morgan fingerprint density at radius 2 is 2.07 bits per heavy atom. The van der Waals surface area contributed by atoms with E-state index in [0.717, 1.165) is 6.54 Å². The third-order valence-corrected chi connectivity index (χ3v) is 1.55. The number of rotatable bonds is 4. The Morgan fingerprint density at radius 3 is 2.53 bits per heavy atom. The zero-order chi connectivity index (χ0) is 11.7. The Balaban J connectivity index is 3.71. The Kier molecular flexibility index (Phi) is 7.08. The van der Waals surface area contributed by atoms with Crippen LogP contribution in [-0.2, 0) is 0 Å². The highest BCUT2D eigenvalue weighted by Gasteiger charge is 2.00. The van der Waals surface area contributed by atoms with Crippen LogP contribution < -0.4 is 21.9 Å². The van der Waals surface area contributed by atoms with Crippen LogP contribution in [0.1, 0.15) is 6.92 Å². The second-order valence-corrected chi connectivity index (χ2v) is 3.03. The molecule has 0 aromatic heterocycles. The van der Waals surface area contributed by atoms with Crippen molar-refractivity contribution in [1.82, 2.24) is 21.0 Å². The third kappa shape index (κ3) is 6.55. The normalized spacial score (nSPS) is 10.8. The van der Waals surface area contributed by atoms with Crippen molar-refractivity contribution >= 4 is 12.0 Å². The molecule has 0 saturated heterocycles. The van der Waals surface area contributed by atoms with Gasteiger partial charge in [-0.3, -0.25) is 10.4 Å². The molecular formula is C8H20N6O. The van der Waals surface area contributed by atoms with Crippen LogP contribution in [-0.4, -0.2) is 50.6 Å². The highest BCUT2D eigenvalue weighted by atomic mass is 16.2. The molecule has 0 bridgehead atoms. The van der Waals surface area contributed by atoms with Crippen LogP contribution in [0, 0.1) is 0 Å². The van der Waals surface area contributed by atoms with E-state index in [2.05, 4.69) is 21.1 Å². The lowest BCUT2D eigenvalue weighted by molar-refractivity contribution is 0.218. The van der Waals surface area contributed by atoms with E-state index in [1.165, 1.54) is 4.90 Å². The quantitative estimate of drug-likeness (QED) is 0.154. The summed E-state index contributed by atoms with van der Waals surface area (Å²) >= 11 is 0. The van der Waals surface area contributed by atoms with Crippen LogP contribution in [0.25, 0.3) is 0 Å². The van der Waals surface area contributed by atoms with E-state index >= 15 is 0 Å². The summed E-state index contributed by atoms with van der Waals surface area (Å²) in [5.74, 6) is 5.73. The average molecular weight is 216 g/mol. The first-order valence-electron chi connectivity index (χ1n) is 4.81. The number of hydrogen-bond acceptors (Lipinski definition) is 3. The lowest BCUT2D eigenvalue weighted by Crippen LogP contribution is -2.42. The summed E-state index contributed by atoms with van der Waals surface area (Å²) in [6.45, 7) is 3.65. The number of carbonyl (C=O) groups excluding carboxylic acids is 1. The zero-order valence-corrected chi connectivity index (χ0v) is 9.50. The number of nitrogens with two attached hydrogens (primary N) is 1. The SMILES string of the molecule is CCNC(=NCCNC(=O)N(C)C)NN. The van der Waals surface area contributed by atoms with Gasteiger partial charge in [0.25, 0.3) is 0 Å². The highest BCUT2D eigenvalue weighted by Crippen LogP contribution is 1.76. The van der Waals surface area contributed by atoms with Crippen LogP contribution in [0.15, 0.2) is 4.99 Å². The van der Waals surface area contributed by atoms with Crippen molar-refractivity contribution < 1.29 is 4.79 Å². The number of urea groups is 1. The molecule has 0 aliphatic heterocycles. The maximum Gasteiger partial charge on any atom is 0.316 e. The van der Waals surface area contributed by atoms with Crippen LogP contribution in [0.2, 0.25) is 0 Å². The van der Waals surface area contributed by atoms with Gasteiger partial charge in [-0.2, -0.15) is 0 Å². The minimum Gasteiger partial charge on any atom is -0.356 e. The Morgan fingerprint density at radius 1 is 1.40 bits per heavy atom. The summed E-state index contributed by atoms with van der Waals surface area (Å²) in [6.07, 6.45) is 0. The first-order valence-corrected chi connectivity index (χ1v) is 4.81. The van der Waals surface area contributed by atoms with E-state index in [4.69, 9.17) is 5.84 Å². The average Bonchev–Trinajstić information content (AvgIpc) is 2.22. The fourth-order valence-corrected chi connectivity index (χ4v) is 0.809. The fraction of sp³-hybridized carbons (Fsp3) is 0.750. The highest BCUT2D eigenvalue weighted by molar-refractivity contribution is 5.79. The van der Waals surface area contributed by atoms with Crippen LogP contribution in [0.5, 0.6) is 0 Å². The van der Waals surface area contributed by atoms with Crippen LogP contribution >= 0.6 is 0 Å². The van der Waals surface area contributed by atoms with Gasteiger partial charge in [0, 0.05) is 27.2 Å². The van der Waals surface area contributed by atoms with Gasteiger partial charge in [0.15, 0.2) is 0 Å². The predicted octanol–water partition coefficient (Wildman–Crippen LogP) is -1.31. The minimum absolute atomic E-state index is 0.129. The number of nitrogens with one attached hydrogen (secondary N) is 3.